The van der Waals surface area contributed by atoms with E-state index in [-0.39, 0.29) is 18.9 Å². The molecule has 2 aromatic rings. The molecule has 6 nitrogen and oxygen atoms in total. The van der Waals surface area contributed by atoms with E-state index in [0.717, 1.165) is 17.0 Å². The number of aromatic nitrogens is 1. The average molecular weight is 424 g/mol. The number of pyridine rings is 1. The molecule has 1 aromatic heterocycles. The first kappa shape index (κ1) is 21.7. The molecule has 1 fully saturated rings. The molecule has 0 spiro atoms. The summed E-state index contributed by atoms with van der Waals surface area (Å²) in [5.74, 6) is -2.16. The maximum absolute atomic E-state index is 14.4. The van der Waals surface area contributed by atoms with Crippen LogP contribution >= 0.6 is 0 Å². The molecular formula is C20H20F4N4O2. The SMILES string of the molecule is Cc1cnc(N2CC(=O)N(Cc3ccc(C(F)(F)F)cc3)C(C)(CN)C2=O)c(F)c1. The van der Waals surface area contributed by atoms with Crippen LogP contribution in [0.5, 0.6) is 0 Å². The minimum absolute atomic E-state index is 0.117. The van der Waals surface area contributed by atoms with E-state index < -0.39 is 41.5 Å². The number of piperazine rings is 1. The lowest BCUT2D eigenvalue weighted by Gasteiger charge is -2.46. The molecule has 1 aromatic carbocycles. The Morgan fingerprint density at radius 3 is 2.37 bits per heavy atom. The van der Waals surface area contributed by atoms with Crippen molar-refractivity contribution in [2.75, 3.05) is 18.0 Å². The maximum Gasteiger partial charge on any atom is 0.416 e. The number of nitrogens with zero attached hydrogens (tertiary/aromatic N) is 3. The van der Waals surface area contributed by atoms with E-state index in [9.17, 15) is 27.2 Å². The molecule has 10 heteroatoms. The van der Waals surface area contributed by atoms with Gasteiger partial charge in [-0.3, -0.25) is 14.5 Å². The van der Waals surface area contributed by atoms with Crippen molar-refractivity contribution in [3.05, 3.63) is 59.0 Å². The van der Waals surface area contributed by atoms with E-state index >= 15 is 0 Å². The van der Waals surface area contributed by atoms with Gasteiger partial charge in [0.25, 0.3) is 5.91 Å². The third-order valence-corrected chi connectivity index (χ3v) is 5.13. The lowest BCUT2D eigenvalue weighted by atomic mass is 9.93. The predicted molar refractivity (Wildman–Crippen MR) is 101 cm³/mol. The number of hydrogen-bond donors (Lipinski definition) is 1. The van der Waals surface area contributed by atoms with E-state index in [0.29, 0.717) is 11.1 Å². The van der Waals surface area contributed by atoms with Gasteiger partial charge >= 0.3 is 6.18 Å². The van der Waals surface area contributed by atoms with Crippen LogP contribution in [0.15, 0.2) is 36.5 Å². The number of anilines is 1. The van der Waals surface area contributed by atoms with Crippen LogP contribution in [0, 0.1) is 12.7 Å². The Balaban J connectivity index is 1.90. The van der Waals surface area contributed by atoms with Crippen molar-refractivity contribution in [1.29, 1.82) is 0 Å². The molecule has 30 heavy (non-hydrogen) atoms. The van der Waals surface area contributed by atoms with Gasteiger partial charge in [-0.25, -0.2) is 9.37 Å². The molecule has 1 saturated heterocycles. The highest BCUT2D eigenvalue weighted by molar-refractivity contribution is 6.08. The Morgan fingerprint density at radius 1 is 1.20 bits per heavy atom. The predicted octanol–water partition coefficient (Wildman–Crippen LogP) is 2.64. The Morgan fingerprint density at radius 2 is 1.83 bits per heavy atom. The molecular weight excluding hydrogens is 404 g/mol. The zero-order valence-electron chi connectivity index (χ0n) is 16.3. The number of rotatable bonds is 4. The summed E-state index contributed by atoms with van der Waals surface area (Å²) in [6.07, 6.45) is -3.10. The molecule has 1 aliphatic heterocycles. The Hall–Kier alpha value is -3.01. The average Bonchev–Trinajstić information content (AvgIpc) is 2.68. The second kappa shape index (κ2) is 7.67. The second-order valence-electron chi connectivity index (χ2n) is 7.36. The van der Waals surface area contributed by atoms with Crippen LogP contribution in [0.3, 0.4) is 0 Å². The first-order valence-corrected chi connectivity index (χ1v) is 9.08. The monoisotopic (exact) mass is 424 g/mol. The largest absolute Gasteiger partial charge is 0.416 e. The van der Waals surface area contributed by atoms with Crippen molar-refractivity contribution in [3.63, 3.8) is 0 Å². The fourth-order valence-electron chi connectivity index (χ4n) is 3.31. The molecule has 2 amide bonds. The number of alkyl halides is 3. The molecule has 0 bridgehead atoms. The normalized spacial score (nSPS) is 20.1. The molecule has 160 valence electrons. The van der Waals surface area contributed by atoms with E-state index in [4.69, 9.17) is 5.73 Å². The summed E-state index contributed by atoms with van der Waals surface area (Å²) in [7, 11) is 0. The van der Waals surface area contributed by atoms with E-state index in [2.05, 4.69) is 4.98 Å². The lowest BCUT2D eigenvalue weighted by molar-refractivity contribution is -0.150. The summed E-state index contributed by atoms with van der Waals surface area (Å²) in [6, 6.07) is 5.50. The van der Waals surface area contributed by atoms with E-state index in [1.807, 2.05) is 0 Å². The lowest BCUT2D eigenvalue weighted by Crippen LogP contribution is -2.69. The molecule has 3 rings (SSSR count). The zero-order chi connectivity index (χ0) is 22.3. The number of aryl methyl sites for hydroxylation is 1. The minimum atomic E-state index is -4.48. The summed E-state index contributed by atoms with van der Waals surface area (Å²) in [4.78, 5) is 32.1. The Kier molecular flexibility index (Phi) is 5.55. The Bertz CT molecular complexity index is 978. The van der Waals surface area contributed by atoms with Crippen LogP contribution in [0.1, 0.15) is 23.6 Å². The summed E-state index contributed by atoms with van der Waals surface area (Å²) in [5, 5.41) is 0. The molecule has 0 saturated carbocycles. The number of hydrogen-bond acceptors (Lipinski definition) is 4. The Labute approximate surface area is 170 Å². The topological polar surface area (TPSA) is 79.5 Å². The smallest absolute Gasteiger partial charge is 0.328 e. The van der Waals surface area contributed by atoms with Gasteiger partial charge < -0.3 is 10.6 Å². The van der Waals surface area contributed by atoms with Crippen molar-refractivity contribution in [1.82, 2.24) is 9.88 Å². The number of nitrogens with two attached hydrogens (primary N) is 1. The zero-order valence-corrected chi connectivity index (χ0v) is 16.3. The van der Waals surface area contributed by atoms with Crippen molar-refractivity contribution >= 4 is 17.6 Å². The van der Waals surface area contributed by atoms with Crippen molar-refractivity contribution < 1.29 is 27.2 Å². The molecule has 1 unspecified atom stereocenters. The summed E-state index contributed by atoms with van der Waals surface area (Å²) >= 11 is 0. The van der Waals surface area contributed by atoms with Crippen molar-refractivity contribution in [2.45, 2.75) is 32.1 Å². The highest BCUT2D eigenvalue weighted by Gasteiger charge is 2.49. The summed E-state index contributed by atoms with van der Waals surface area (Å²) in [6.45, 7) is 2.24. The number of carbonyl (C=O) groups excluding carboxylic acids is 2. The number of amides is 2. The van der Waals surface area contributed by atoms with Gasteiger partial charge in [0, 0.05) is 19.3 Å². The molecule has 2 N–H and O–H groups in total. The molecule has 1 aliphatic rings. The van der Waals surface area contributed by atoms with Crippen LogP contribution < -0.4 is 10.6 Å². The van der Waals surface area contributed by atoms with E-state index in [1.54, 1.807) is 6.92 Å². The first-order valence-electron chi connectivity index (χ1n) is 9.08. The fraction of sp³-hybridized carbons (Fsp3) is 0.350. The van der Waals surface area contributed by atoms with Crippen LogP contribution in [-0.4, -0.2) is 40.3 Å². The standard InChI is InChI=1S/C20H20F4N4O2/c1-12-7-15(21)17(26-8-12)27-10-16(29)28(19(2,11-25)18(27)30)9-13-3-5-14(6-4-13)20(22,23)24/h3-8H,9-11,25H2,1-2H3. The van der Waals surface area contributed by atoms with Crippen molar-refractivity contribution in [3.8, 4) is 0 Å². The third kappa shape index (κ3) is 3.87. The van der Waals surface area contributed by atoms with Gasteiger partial charge in [0.1, 0.15) is 12.1 Å². The quantitative estimate of drug-likeness (QED) is 0.766. The van der Waals surface area contributed by atoms with Crippen LogP contribution in [0.25, 0.3) is 0 Å². The summed E-state index contributed by atoms with van der Waals surface area (Å²) < 4.78 is 52.7. The van der Waals surface area contributed by atoms with Gasteiger partial charge in [-0.05, 0) is 43.2 Å². The molecule has 0 aliphatic carbocycles. The fourth-order valence-corrected chi connectivity index (χ4v) is 3.31. The highest BCUT2D eigenvalue weighted by Crippen LogP contribution is 2.32. The van der Waals surface area contributed by atoms with Gasteiger partial charge in [0.05, 0.1) is 5.56 Å². The van der Waals surface area contributed by atoms with Crippen LogP contribution in [0.4, 0.5) is 23.4 Å². The van der Waals surface area contributed by atoms with Gasteiger partial charge in [-0.2, -0.15) is 13.2 Å². The van der Waals surface area contributed by atoms with Gasteiger partial charge in [-0.1, -0.05) is 12.1 Å². The van der Waals surface area contributed by atoms with Crippen LogP contribution in [0.2, 0.25) is 0 Å². The number of benzene rings is 1. The number of carbonyl (C=O) groups is 2. The highest BCUT2D eigenvalue weighted by atomic mass is 19.4. The molecule has 0 radical (unpaired) electrons. The van der Waals surface area contributed by atoms with E-state index in [1.165, 1.54) is 36.2 Å². The van der Waals surface area contributed by atoms with Gasteiger partial charge in [0.15, 0.2) is 11.6 Å². The van der Waals surface area contributed by atoms with Gasteiger partial charge in [0.2, 0.25) is 5.91 Å². The van der Waals surface area contributed by atoms with Crippen LogP contribution in [-0.2, 0) is 22.3 Å². The molecule has 2 heterocycles. The number of halogens is 4. The minimum Gasteiger partial charge on any atom is -0.328 e. The molecule has 1 atom stereocenters. The summed E-state index contributed by atoms with van der Waals surface area (Å²) in [5.41, 5.74) is 4.43. The first-order chi connectivity index (χ1) is 14.0. The van der Waals surface area contributed by atoms with Gasteiger partial charge in [-0.15, -0.1) is 0 Å². The van der Waals surface area contributed by atoms with Crippen molar-refractivity contribution in [2.24, 2.45) is 5.73 Å². The second-order valence-corrected chi connectivity index (χ2v) is 7.36. The maximum atomic E-state index is 14.4. The third-order valence-electron chi connectivity index (χ3n) is 5.13.